The number of hydrogen-bond donors (Lipinski definition) is 1. The molecule has 1 heterocycles. The van der Waals surface area contributed by atoms with E-state index in [2.05, 4.69) is 18.9 Å². The molecule has 1 aromatic carbocycles. The Morgan fingerprint density at radius 2 is 2.15 bits per heavy atom. The molecule has 0 unspecified atom stereocenters. The number of carboxylic acid groups (broad SMARTS) is 1. The third-order valence-corrected chi connectivity index (χ3v) is 3.04. The van der Waals surface area contributed by atoms with Gasteiger partial charge in [-0.25, -0.2) is 9.18 Å². The number of nitrogens with zero attached hydrogens (tertiary/aromatic N) is 2. The SMILES string of the molecule is Cc1cc(C(=O)O)c(F)cc1-c1cnn(CC(C)C)c1. The van der Waals surface area contributed by atoms with Gasteiger partial charge in [0.2, 0.25) is 0 Å². The highest BCUT2D eigenvalue weighted by molar-refractivity contribution is 5.89. The van der Waals surface area contributed by atoms with Crippen molar-refractivity contribution in [2.75, 3.05) is 0 Å². The minimum atomic E-state index is -1.26. The van der Waals surface area contributed by atoms with Gasteiger partial charge >= 0.3 is 5.97 Å². The van der Waals surface area contributed by atoms with Gasteiger partial charge in [-0.3, -0.25) is 4.68 Å². The standard InChI is InChI=1S/C15H17FN2O2/c1-9(2)7-18-8-11(6-17-18)12-5-14(16)13(15(19)20)4-10(12)3/h4-6,8-9H,7H2,1-3H3,(H,19,20). The molecule has 0 aliphatic rings. The van der Waals surface area contributed by atoms with Crippen LogP contribution >= 0.6 is 0 Å². The van der Waals surface area contributed by atoms with E-state index in [1.165, 1.54) is 12.1 Å². The highest BCUT2D eigenvalue weighted by atomic mass is 19.1. The Morgan fingerprint density at radius 3 is 2.75 bits per heavy atom. The quantitative estimate of drug-likeness (QED) is 0.931. The van der Waals surface area contributed by atoms with Crippen LogP contribution in [-0.4, -0.2) is 20.9 Å². The molecule has 0 saturated carbocycles. The van der Waals surface area contributed by atoms with Crippen LogP contribution in [0.1, 0.15) is 29.8 Å². The van der Waals surface area contributed by atoms with Crippen LogP contribution in [0.15, 0.2) is 24.5 Å². The largest absolute Gasteiger partial charge is 0.478 e. The van der Waals surface area contributed by atoms with Crippen LogP contribution in [0.4, 0.5) is 4.39 Å². The van der Waals surface area contributed by atoms with Gasteiger partial charge in [-0.05, 0) is 36.1 Å². The number of aryl methyl sites for hydroxylation is 1. The lowest BCUT2D eigenvalue weighted by Gasteiger charge is -2.07. The molecule has 0 radical (unpaired) electrons. The molecule has 0 spiro atoms. The van der Waals surface area contributed by atoms with Crippen molar-refractivity contribution in [3.05, 3.63) is 41.5 Å². The summed E-state index contributed by atoms with van der Waals surface area (Å²) in [5, 5.41) is 13.1. The van der Waals surface area contributed by atoms with Gasteiger partial charge in [-0.15, -0.1) is 0 Å². The zero-order valence-corrected chi connectivity index (χ0v) is 11.7. The number of halogens is 1. The van der Waals surface area contributed by atoms with Crippen LogP contribution in [0, 0.1) is 18.7 Å². The van der Waals surface area contributed by atoms with Crippen molar-refractivity contribution in [3.63, 3.8) is 0 Å². The molecule has 5 heteroatoms. The van der Waals surface area contributed by atoms with E-state index in [4.69, 9.17) is 5.11 Å². The van der Waals surface area contributed by atoms with Crippen molar-refractivity contribution in [3.8, 4) is 11.1 Å². The molecule has 2 aromatic rings. The number of hydrogen-bond acceptors (Lipinski definition) is 2. The van der Waals surface area contributed by atoms with E-state index in [9.17, 15) is 9.18 Å². The number of carbonyl (C=O) groups is 1. The van der Waals surface area contributed by atoms with E-state index in [1.54, 1.807) is 13.1 Å². The molecule has 0 bridgehead atoms. The highest BCUT2D eigenvalue weighted by Gasteiger charge is 2.15. The van der Waals surface area contributed by atoms with Gasteiger partial charge in [0.1, 0.15) is 5.82 Å². The fourth-order valence-corrected chi connectivity index (χ4v) is 2.13. The molecule has 0 fully saturated rings. The fourth-order valence-electron chi connectivity index (χ4n) is 2.13. The first-order valence-electron chi connectivity index (χ1n) is 6.44. The summed E-state index contributed by atoms with van der Waals surface area (Å²) in [7, 11) is 0. The van der Waals surface area contributed by atoms with Gasteiger partial charge in [0.25, 0.3) is 0 Å². The molecule has 2 rings (SSSR count). The minimum absolute atomic E-state index is 0.305. The molecule has 1 aromatic heterocycles. The zero-order chi connectivity index (χ0) is 14.9. The van der Waals surface area contributed by atoms with Gasteiger partial charge in [0.15, 0.2) is 0 Å². The lowest BCUT2D eigenvalue weighted by molar-refractivity contribution is 0.0692. The van der Waals surface area contributed by atoms with Crippen LogP contribution in [0.25, 0.3) is 11.1 Å². The third kappa shape index (κ3) is 2.87. The van der Waals surface area contributed by atoms with Gasteiger partial charge in [-0.1, -0.05) is 13.8 Å². The first kappa shape index (κ1) is 14.2. The number of aromatic carboxylic acids is 1. The van der Waals surface area contributed by atoms with Crippen LogP contribution in [0.2, 0.25) is 0 Å². The lowest BCUT2D eigenvalue weighted by Crippen LogP contribution is -2.04. The second-order valence-corrected chi connectivity index (χ2v) is 5.30. The highest BCUT2D eigenvalue weighted by Crippen LogP contribution is 2.26. The van der Waals surface area contributed by atoms with Crippen molar-refractivity contribution < 1.29 is 14.3 Å². The van der Waals surface area contributed by atoms with E-state index in [-0.39, 0.29) is 5.56 Å². The molecular formula is C15H17FN2O2. The Morgan fingerprint density at radius 1 is 1.45 bits per heavy atom. The summed E-state index contributed by atoms with van der Waals surface area (Å²) in [6.45, 7) is 6.73. The van der Waals surface area contributed by atoms with Crippen molar-refractivity contribution in [2.45, 2.75) is 27.3 Å². The third-order valence-electron chi connectivity index (χ3n) is 3.04. The van der Waals surface area contributed by atoms with Crippen LogP contribution in [0.3, 0.4) is 0 Å². The summed E-state index contributed by atoms with van der Waals surface area (Å²) in [5.74, 6) is -1.52. The Labute approximate surface area is 116 Å². The minimum Gasteiger partial charge on any atom is -0.478 e. The van der Waals surface area contributed by atoms with Crippen LogP contribution < -0.4 is 0 Å². The van der Waals surface area contributed by atoms with Gasteiger partial charge in [-0.2, -0.15) is 5.10 Å². The second kappa shape index (κ2) is 5.45. The summed E-state index contributed by atoms with van der Waals surface area (Å²) in [5.41, 5.74) is 1.87. The topological polar surface area (TPSA) is 55.1 Å². The number of aromatic nitrogens is 2. The van der Waals surface area contributed by atoms with Crippen molar-refractivity contribution in [2.24, 2.45) is 5.92 Å². The van der Waals surface area contributed by atoms with Gasteiger partial charge in [0, 0.05) is 18.3 Å². The summed E-state index contributed by atoms with van der Waals surface area (Å²) < 4.78 is 15.6. The van der Waals surface area contributed by atoms with Gasteiger partial charge in [0.05, 0.1) is 11.8 Å². The Hall–Kier alpha value is -2.17. The predicted octanol–water partition coefficient (Wildman–Crippen LogP) is 3.35. The number of carboxylic acids is 1. The number of benzene rings is 1. The molecule has 0 saturated heterocycles. The average Bonchev–Trinajstić information content (AvgIpc) is 2.78. The Balaban J connectivity index is 2.40. The zero-order valence-electron chi connectivity index (χ0n) is 11.7. The molecule has 0 aliphatic carbocycles. The van der Waals surface area contributed by atoms with E-state index in [0.29, 0.717) is 17.0 Å². The Bertz CT molecular complexity index is 647. The van der Waals surface area contributed by atoms with Crippen molar-refractivity contribution in [1.82, 2.24) is 9.78 Å². The van der Waals surface area contributed by atoms with Crippen LogP contribution in [-0.2, 0) is 6.54 Å². The van der Waals surface area contributed by atoms with E-state index in [0.717, 1.165) is 12.1 Å². The summed E-state index contributed by atoms with van der Waals surface area (Å²) in [4.78, 5) is 10.9. The van der Waals surface area contributed by atoms with Crippen molar-refractivity contribution >= 4 is 5.97 Å². The molecular weight excluding hydrogens is 259 g/mol. The lowest BCUT2D eigenvalue weighted by atomic mass is 10.0. The van der Waals surface area contributed by atoms with E-state index < -0.39 is 11.8 Å². The first-order chi connectivity index (χ1) is 9.38. The number of rotatable bonds is 4. The van der Waals surface area contributed by atoms with Crippen LogP contribution in [0.5, 0.6) is 0 Å². The maximum Gasteiger partial charge on any atom is 0.338 e. The maximum absolute atomic E-state index is 13.8. The van der Waals surface area contributed by atoms with Crippen molar-refractivity contribution in [1.29, 1.82) is 0 Å². The van der Waals surface area contributed by atoms with E-state index in [1.807, 2.05) is 10.9 Å². The molecule has 20 heavy (non-hydrogen) atoms. The predicted molar refractivity (Wildman–Crippen MR) is 74.2 cm³/mol. The van der Waals surface area contributed by atoms with E-state index >= 15 is 0 Å². The molecule has 106 valence electrons. The normalized spacial score (nSPS) is 11.1. The second-order valence-electron chi connectivity index (χ2n) is 5.30. The summed E-state index contributed by atoms with van der Waals surface area (Å²) in [6, 6.07) is 2.61. The maximum atomic E-state index is 13.8. The molecule has 4 nitrogen and oxygen atoms in total. The summed E-state index contributed by atoms with van der Waals surface area (Å²) in [6.07, 6.45) is 3.52. The smallest absolute Gasteiger partial charge is 0.338 e. The fraction of sp³-hybridized carbons (Fsp3) is 0.333. The first-order valence-corrected chi connectivity index (χ1v) is 6.44. The molecule has 0 amide bonds. The monoisotopic (exact) mass is 276 g/mol. The average molecular weight is 276 g/mol. The molecule has 0 aliphatic heterocycles. The molecule has 1 N–H and O–H groups in total. The Kier molecular flexibility index (Phi) is 3.88. The van der Waals surface area contributed by atoms with Gasteiger partial charge < -0.3 is 5.11 Å². The molecule has 0 atom stereocenters. The summed E-state index contributed by atoms with van der Waals surface area (Å²) >= 11 is 0.